The van der Waals surface area contributed by atoms with Crippen molar-refractivity contribution in [3.05, 3.63) is 35.7 Å². The SMILES string of the molecule is Cc1cc(C)n(-c2c(N)cccc2N)n1. The van der Waals surface area contributed by atoms with Crippen molar-refractivity contribution in [1.29, 1.82) is 0 Å². The van der Waals surface area contributed by atoms with E-state index in [-0.39, 0.29) is 0 Å². The summed E-state index contributed by atoms with van der Waals surface area (Å²) in [6, 6.07) is 7.47. The highest BCUT2D eigenvalue weighted by atomic mass is 15.3. The molecule has 0 saturated heterocycles. The summed E-state index contributed by atoms with van der Waals surface area (Å²) in [4.78, 5) is 0. The molecule has 15 heavy (non-hydrogen) atoms. The molecule has 1 aromatic heterocycles. The molecule has 78 valence electrons. The Balaban J connectivity index is 2.68. The number of hydrogen-bond acceptors (Lipinski definition) is 3. The predicted octanol–water partition coefficient (Wildman–Crippen LogP) is 1.65. The lowest BCUT2D eigenvalue weighted by Crippen LogP contribution is -2.06. The molecule has 0 radical (unpaired) electrons. The molecule has 0 fully saturated rings. The van der Waals surface area contributed by atoms with E-state index in [1.165, 1.54) is 0 Å². The zero-order valence-electron chi connectivity index (χ0n) is 8.86. The van der Waals surface area contributed by atoms with Gasteiger partial charge < -0.3 is 11.5 Å². The van der Waals surface area contributed by atoms with Crippen molar-refractivity contribution in [3.63, 3.8) is 0 Å². The molecule has 2 aromatic rings. The largest absolute Gasteiger partial charge is 0.397 e. The number of nitrogens with two attached hydrogens (primary N) is 2. The Bertz CT molecular complexity index is 479. The molecule has 1 aromatic carbocycles. The fourth-order valence-corrected chi connectivity index (χ4v) is 1.68. The van der Waals surface area contributed by atoms with Crippen LogP contribution in [0.2, 0.25) is 0 Å². The highest BCUT2D eigenvalue weighted by Crippen LogP contribution is 2.24. The van der Waals surface area contributed by atoms with Crippen LogP contribution in [0.3, 0.4) is 0 Å². The van der Waals surface area contributed by atoms with Gasteiger partial charge in [0.1, 0.15) is 5.69 Å². The molecule has 0 bridgehead atoms. The van der Waals surface area contributed by atoms with Crippen molar-refractivity contribution in [3.8, 4) is 5.69 Å². The van der Waals surface area contributed by atoms with Gasteiger partial charge in [0.15, 0.2) is 0 Å². The number of aryl methyl sites for hydroxylation is 2. The smallest absolute Gasteiger partial charge is 0.111 e. The molecular formula is C11H14N4. The number of hydrogen-bond donors (Lipinski definition) is 2. The van der Waals surface area contributed by atoms with Gasteiger partial charge in [-0.15, -0.1) is 0 Å². The van der Waals surface area contributed by atoms with Gasteiger partial charge in [-0.1, -0.05) is 6.07 Å². The summed E-state index contributed by atoms with van der Waals surface area (Å²) >= 11 is 0. The highest BCUT2D eigenvalue weighted by Gasteiger charge is 2.09. The van der Waals surface area contributed by atoms with Crippen molar-refractivity contribution < 1.29 is 0 Å². The van der Waals surface area contributed by atoms with E-state index in [4.69, 9.17) is 11.5 Å². The minimum atomic E-state index is 0.640. The maximum Gasteiger partial charge on any atom is 0.111 e. The molecule has 0 atom stereocenters. The Morgan fingerprint density at radius 2 is 1.73 bits per heavy atom. The first-order valence-corrected chi connectivity index (χ1v) is 4.77. The normalized spacial score (nSPS) is 10.5. The molecule has 1 heterocycles. The standard InChI is InChI=1S/C11H14N4/c1-7-6-8(2)15(14-7)11-9(12)4-3-5-10(11)13/h3-6H,12-13H2,1-2H3. The minimum Gasteiger partial charge on any atom is -0.397 e. The third-order valence-corrected chi connectivity index (χ3v) is 2.32. The van der Waals surface area contributed by atoms with E-state index < -0.39 is 0 Å². The quantitative estimate of drug-likeness (QED) is 0.691. The van der Waals surface area contributed by atoms with Gasteiger partial charge in [-0.05, 0) is 32.0 Å². The van der Waals surface area contributed by atoms with Gasteiger partial charge in [-0.3, -0.25) is 0 Å². The van der Waals surface area contributed by atoms with Crippen molar-refractivity contribution in [1.82, 2.24) is 9.78 Å². The predicted molar refractivity (Wildman–Crippen MR) is 61.9 cm³/mol. The third-order valence-electron chi connectivity index (χ3n) is 2.32. The monoisotopic (exact) mass is 202 g/mol. The summed E-state index contributed by atoms with van der Waals surface area (Å²) in [7, 11) is 0. The Hall–Kier alpha value is -1.97. The Morgan fingerprint density at radius 1 is 1.13 bits per heavy atom. The number of aromatic nitrogens is 2. The number of nitrogens with zero attached hydrogens (tertiary/aromatic N) is 2. The summed E-state index contributed by atoms with van der Waals surface area (Å²) < 4.78 is 1.78. The summed E-state index contributed by atoms with van der Waals surface area (Å²) in [5, 5.41) is 4.36. The lowest BCUT2D eigenvalue weighted by Gasteiger charge is -2.10. The second-order valence-electron chi connectivity index (χ2n) is 3.62. The van der Waals surface area contributed by atoms with E-state index in [9.17, 15) is 0 Å². The zero-order valence-corrected chi connectivity index (χ0v) is 8.86. The molecule has 0 spiro atoms. The topological polar surface area (TPSA) is 69.9 Å². The van der Waals surface area contributed by atoms with E-state index in [0.717, 1.165) is 17.1 Å². The molecule has 4 nitrogen and oxygen atoms in total. The second kappa shape index (κ2) is 3.31. The maximum absolute atomic E-state index is 5.89. The number of para-hydroxylation sites is 1. The second-order valence-corrected chi connectivity index (χ2v) is 3.62. The number of nitrogen functional groups attached to an aromatic ring is 2. The van der Waals surface area contributed by atoms with Crippen LogP contribution in [-0.4, -0.2) is 9.78 Å². The van der Waals surface area contributed by atoms with Crippen molar-refractivity contribution in [2.75, 3.05) is 11.5 Å². The van der Waals surface area contributed by atoms with E-state index in [2.05, 4.69) is 5.10 Å². The summed E-state index contributed by atoms with van der Waals surface area (Å²) in [5.74, 6) is 0. The van der Waals surface area contributed by atoms with Gasteiger partial charge in [-0.25, -0.2) is 4.68 Å². The van der Waals surface area contributed by atoms with Crippen LogP contribution in [0.4, 0.5) is 11.4 Å². The number of rotatable bonds is 1. The number of anilines is 2. The molecule has 0 aliphatic heterocycles. The van der Waals surface area contributed by atoms with Crippen LogP contribution in [0.5, 0.6) is 0 Å². The molecule has 0 amide bonds. The van der Waals surface area contributed by atoms with E-state index in [1.807, 2.05) is 38.1 Å². The first kappa shape index (κ1) is 9.58. The van der Waals surface area contributed by atoms with Crippen LogP contribution in [0.25, 0.3) is 5.69 Å². The lowest BCUT2D eigenvalue weighted by molar-refractivity contribution is 0.838. The Morgan fingerprint density at radius 3 is 2.20 bits per heavy atom. The summed E-state index contributed by atoms with van der Waals surface area (Å²) in [6.07, 6.45) is 0. The van der Waals surface area contributed by atoms with Gasteiger partial charge in [0.05, 0.1) is 17.1 Å². The van der Waals surface area contributed by atoms with Gasteiger partial charge in [-0.2, -0.15) is 5.10 Å². The van der Waals surface area contributed by atoms with Gasteiger partial charge in [0, 0.05) is 5.69 Å². The van der Waals surface area contributed by atoms with E-state index >= 15 is 0 Å². The van der Waals surface area contributed by atoms with Crippen LogP contribution in [0, 0.1) is 13.8 Å². The third kappa shape index (κ3) is 1.54. The van der Waals surface area contributed by atoms with Crippen LogP contribution < -0.4 is 11.5 Å². The van der Waals surface area contributed by atoms with Crippen LogP contribution in [0.1, 0.15) is 11.4 Å². The number of benzene rings is 1. The van der Waals surface area contributed by atoms with E-state index in [1.54, 1.807) is 4.68 Å². The fraction of sp³-hybridized carbons (Fsp3) is 0.182. The molecule has 2 rings (SSSR count). The van der Waals surface area contributed by atoms with Crippen molar-refractivity contribution in [2.24, 2.45) is 0 Å². The van der Waals surface area contributed by atoms with Gasteiger partial charge >= 0.3 is 0 Å². The van der Waals surface area contributed by atoms with Gasteiger partial charge in [0.2, 0.25) is 0 Å². The average molecular weight is 202 g/mol. The highest BCUT2D eigenvalue weighted by molar-refractivity contribution is 5.71. The molecular weight excluding hydrogens is 188 g/mol. The first-order chi connectivity index (χ1) is 7.09. The molecule has 0 saturated carbocycles. The summed E-state index contributed by atoms with van der Waals surface area (Å²) in [5.41, 5.74) is 15.8. The van der Waals surface area contributed by atoms with Crippen LogP contribution >= 0.6 is 0 Å². The molecule has 0 aliphatic rings. The molecule has 4 N–H and O–H groups in total. The average Bonchev–Trinajstić information content (AvgIpc) is 2.45. The van der Waals surface area contributed by atoms with Crippen molar-refractivity contribution >= 4 is 11.4 Å². The molecule has 0 unspecified atom stereocenters. The van der Waals surface area contributed by atoms with Gasteiger partial charge in [0.25, 0.3) is 0 Å². The molecule has 0 aliphatic carbocycles. The molecule has 4 heteroatoms. The van der Waals surface area contributed by atoms with Crippen LogP contribution in [-0.2, 0) is 0 Å². The minimum absolute atomic E-state index is 0.640. The fourth-order valence-electron chi connectivity index (χ4n) is 1.68. The van der Waals surface area contributed by atoms with Crippen LogP contribution in [0.15, 0.2) is 24.3 Å². The van der Waals surface area contributed by atoms with Crippen molar-refractivity contribution in [2.45, 2.75) is 13.8 Å². The lowest BCUT2D eigenvalue weighted by atomic mass is 10.2. The first-order valence-electron chi connectivity index (χ1n) is 4.77. The van der Waals surface area contributed by atoms with E-state index in [0.29, 0.717) is 11.4 Å². The zero-order chi connectivity index (χ0) is 11.0. The Kier molecular flexibility index (Phi) is 2.11. The Labute approximate surface area is 88.5 Å². The maximum atomic E-state index is 5.89. The summed E-state index contributed by atoms with van der Waals surface area (Å²) in [6.45, 7) is 3.92.